The molecule has 0 aliphatic rings. The van der Waals surface area contributed by atoms with Crippen LogP contribution in [0.15, 0.2) is 79.0 Å². The molecule has 0 unspecified atom stereocenters. The lowest BCUT2D eigenvalue weighted by molar-refractivity contribution is 0.514. The van der Waals surface area contributed by atoms with Gasteiger partial charge in [0.05, 0.1) is 28.2 Å². The number of fused-ring (bicyclic) bond motifs is 1. The molecule has 4 heterocycles. The number of aromatic nitrogens is 5. The number of hydrogen-bond acceptors (Lipinski definition) is 4. The summed E-state index contributed by atoms with van der Waals surface area (Å²) >= 11 is 0. The third kappa shape index (κ3) is 3.51. The number of benzene rings is 1. The molecule has 0 atom stereocenters. The van der Waals surface area contributed by atoms with Crippen molar-refractivity contribution in [1.82, 2.24) is 24.7 Å². The maximum Gasteiger partial charge on any atom is 0.224 e. The molecule has 0 saturated carbocycles. The summed E-state index contributed by atoms with van der Waals surface area (Å²) in [6, 6.07) is 21.5. The second kappa shape index (κ2) is 7.60. The second-order valence-electron chi connectivity index (χ2n) is 8.02. The second-order valence-corrected chi connectivity index (χ2v) is 8.02. The van der Waals surface area contributed by atoms with Crippen molar-refractivity contribution < 1.29 is 8.78 Å². The topological polar surface area (TPSA) is 56.5 Å². The first-order chi connectivity index (χ1) is 15.4. The van der Waals surface area contributed by atoms with Crippen molar-refractivity contribution in [3.63, 3.8) is 0 Å². The first-order valence-electron chi connectivity index (χ1n) is 10.1. The van der Waals surface area contributed by atoms with Crippen molar-refractivity contribution >= 4 is 10.9 Å². The molecule has 0 bridgehead atoms. The van der Waals surface area contributed by atoms with Crippen LogP contribution in [0.5, 0.6) is 0 Å². The minimum atomic E-state index is -0.890. The van der Waals surface area contributed by atoms with Gasteiger partial charge in [-0.25, -0.2) is 9.67 Å². The highest BCUT2D eigenvalue weighted by atomic mass is 19.1. The van der Waals surface area contributed by atoms with Crippen molar-refractivity contribution in [1.29, 1.82) is 0 Å². The summed E-state index contributed by atoms with van der Waals surface area (Å²) in [6.45, 7) is 4.01. The number of hydrogen-bond donors (Lipinski definition) is 0. The summed E-state index contributed by atoms with van der Waals surface area (Å²) in [5, 5.41) is 5.64. The van der Waals surface area contributed by atoms with E-state index in [4.69, 9.17) is 4.98 Å². The van der Waals surface area contributed by atoms with Gasteiger partial charge in [0.2, 0.25) is 11.9 Å². The van der Waals surface area contributed by atoms with E-state index >= 15 is 0 Å². The average molecular weight is 427 g/mol. The summed E-state index contributed by atoms with van der Waals surface area (Å²) in [5.74, 6) is -1.06. The highest BCUT2D eigenvalue weighted by Gasteiger charge is 2.27. The van der Waals surface area contributed by atoms with E-state index < -0.39 is 17.3 Å². The Bertz CT molecular complexity index is 1410. The van der Waals surface area contributed by atoms with Gasteiger partial charge in [0.15, 0.2) is 5.82 Å². The third-order valence-electron chi connectivity index (χ3n) is 5.50. The largest absolute Gasteiger partial charge is 0.252 e. The van der Waals surface area contributed by atoms with Gasteiger partial charge in [-0.1, -0.05) is 30.3 Å². The maximum atomic E-state index is 14.2. The van der Waals surface area contributed by atoms with Crippen LogP contribution in [0.3, 0.4) is 0 Å². The van der Waals surface area contributed by atoms with Crippen LogP contribution in [-0.4, -0.2) is 24.7 Å². The molecule has 0 saturated heterocycles. The minimum Gasteiger partial charge on any atom is -0.252 e. The zero-order valence-electron chi connectivity index (χ0n) is 17.5. The Morgan fingerprint density at radius 1 is 0.750 bits per heavy atom. The van der Waals surface area contributed by atoms with Crippen LogP contribution >= 0.6 is 0 Å². The van der Waals surface area contributed by atoms with E-state index in [0.29, 0.717) is 17.2 Å². The Morgan fingerprint density at radius 2 is 1.50 bits per heavy atom. The fourth-order valence-electron chi connectivity index (χ4n) is 3.65. The van der Waals surface area contributed by atoms with Crippen molar-refractivity contribution in [2.45, 2.75) is 19.3 Å². The lowest BCUT2D eigenvalue weighted by atomic mass is 9.84. The van der Waals surface area contributed by atoms with E-state index in [1.54, 1.807) is 16.8 Å². The summed E-state index contributed by atoms with van der Waals surface area (Å²) in [5.41, 5.74) is 2.33. The average Bonchev–Trinajstić information content (AvgIpc) is 3.24. The van der Waals surface area contributed by atoms with Gasteiger partial charge >= 0.3 is 0 Å². The Labute approximate surface area is 183 Å². The summed E-state index contributed by atoms with van der Waals surface area (Å²) in [7, 11) is 0. The fourth-order valence-corrected chi connectivity index (χ4v) is 3.65. The van der Waals surface area contributed by atoms with Gasteiger partial charge in [0, 0.05) is 17.0 Å². The molecule has 32 heavy (non-hydrogen) atoms. The molecule has 158 valence electrons. The molecule has 7 heteroatoms. The van der Waals surface area contributed by atoms with Crippen LogP contribution in [0.25, 0.3) is 28.0 Å². The molecule has 0 N–H and O–H groups in total. The Morgan fingerprint density at radius 3 is 2.28 bits per heavy atom. The highest BCUT2D eigenvalue weighted by molar-refractivity contribution is 5.78. The molecular weight excluding hydrogens is 408 g/mol. The number of nitrogens with zero attached hydrogens (tertiary/aromatic N) is 5. The summed E-state index contributed by atoms with van der Waals surface area (Å²) in [4.78, 5) is 12.8. The lowest BCUT2D eigenvalue weighted by Gasteiger charge is -2.24. The molecule has 5 nitrogen and oxygen atoms in total. The van der Waals surface area contributed by atoms with Crippen molar-refractivity contribution in [2.24, 2.45) is 0 Å². The number of rotatable bonds is 4. The highest BCUT2D eigenvalue weighted by Crippen LogP contribution is 2.31. The van der Waals surface area contributed by atoms with Gasteiger partial charge in [0.25, 0.3) is 0 Å². The SMILES string of the molecule is CC(C)(c1cccc(-c2ccc(F)nc2F)n1)c1cccc(-n2cc3ccccc3n2)n1. The number of pyridine rings is 3. The van der Waals surface area contributed by atoms with Gasteiger partial charge in [-0.05, 0) is 56.3 Å². The zero-order valence-corrected chi connectivity index (χ0v) is 17.5. The van der Waals surface area contributed by atoms with Gasteiger partial charge in [-0.15, -0.1) is 0 Å². The standard InChI is InChI=1S/C25H19F2N5/c1-25(2,20-10-5-9-19(28-20)17-13-14-22(26)30-24(17)27)21-11-6-12-23(29-21)32-15-16-7-3-4-8-18(16)31-32/h3-15H,1-2H3. The predicted molar refractivity (Wildman–Crippen MR) is 118 cm³/mol. The van der Waals surface area contributed by atoms with Crippen LogP contribution in [0.4, 0.5) is 8.78 Å². The smallest absolute Gasteiger partial charge is 0.224 e. The van der Waals surface area contributed by atoms with Crippen molar-refractivity contribution in [2.75, 3.05) is 0 Å². The van der Waals surface area contributed by atoms with E-state index in [1.165, 1.54) is 6.07 Å². The van der Waals surface area contributed by atoms with Gasteiger partial charge < -0.3 is 0 Å². The number of halogens is 2. The molecule has 1 aromatic carbocycles. The van der Waals surface area contributed by atoms with E-state index in [2.05, 4.69) is 15.1 Å². The summed E-state index contributed by atoms with van der Waals surface area (Å²) in [6.07, 6.45) is 1.94. The summed E-state index contributed by atoms with van der Waals surface area (Å²) < 4.78 is 29.2. The molecular formula is C25H19F2N5. The van der Waals surface area contributed by atoms with Gasteiger partial charge in [-0.2, -0.15) is 18.9 Å². The Hall–Kier alpha value is -4.00. The van der Waals surface area contributed by atoms with E-state index in [1.807, 2.05) is 68.6 Å². The van der Waals surface area contributed by atoms with Crippen LogP contribution in [0, 0.1) is 11.9 Å². The van der Waals surface area contributed by atoms with Gasteiger partial charge in [-0.3, -0.25) is 4.98 Å². The maximum absolute atomic E-state index is 14.2. The van der Waals surface area contributed by atoms with Crippen LogP contribution < -0.4 is 0 Å². The van der Waals surface area contributed by atoms with Crippen LogP contribution in [-0.2, 0) is 5.41 Å². The third-order valence-corrected chi connectivity index (χ3v) is 5.50. The Balaban J connectivity index is 1.54. The normalized spacial score (nSPS) is 11.8. The fraction of sp³-hybridized carbons (Fsp3) is 0.120. The van der Waals surface area contributed by atoms with Gasteiger partial charge in [0.1, 0.15) is 0 Å². The van der Waals surface area contributed by atoms with E-state index in [0.717, 1.165) is 22.7 Å². The Kier molecular flexibility index (Phi) is 4.74. The van der Waals surface area contributed by atoms with Crippen molar-refractivity contribution in [3.05, 3.63) is 102 Å². The molecule has 0 aliphatic heterocycles. The monoisotopic (exact) mass is 427 g/mol. The molecule has 0 spiro atoms. The molecule has 0 aliphatic carbocycles. The molecule has 0 radical (unpaired) electrons. The quantitative estimate of drug-likeness (QED) is 0.356. The first kappa shape index (κ1) is 19.9. The zero-order chi connectivity index (χ0) is 22.3. The van der Waals surface area contributed by atoms with Crippen LogP contribution in [0.2, 0.25) is 0 Å². The molecule has 0 amide bonds. The van der Waals surface area contributed by atoms with E-state index in [9.17, 15) is 8.78 Å². The van der Waals surface area contributed by atoms with Crippen molar-refractivity contribution in [3.8, 4) is 17.1 Å². The molecule has 5 aromatic rings. The van der Waals surface area contributed by atoms with Crippen LogP contribution in [0.1, 0.15) is 25.2 Å². The minimum absolute atomic E-state index is 0.147. The lowest BCUT2D eigenvalue weighted by Crippen LogP contribution is -2.23. The molecule has 4 aromatic heterocycles. The molecule has 0 fully saturated rings. The first-order valence-corrected chi connectivity index (χ1v) is 10.1. The van der Waals surface area contributed by atoms with E-state index in [-0.39, 0.29) is 5.56 Å². The predicted octanol–water partition coefficient (Wildman–Crippen LogP) is 5.48. The molecule has 5 rings (SSSR count).